The summed E-state index contributed by atoms with van der Waals surface area (Å²) in [4.78, 5) is 0. The number of hydrogen-bond acceptors (Lipinski definition) is 4. The van der Waals surface area contributed by atoms with Crippen molar-refractivity contribution in [2.45, 2.75) is 38.6 Å². The average Bonchev–Trinajstić information content (AvgIpc) is 3.57. The quantitative estimate of drug-likeness (QED) is 0.297. The van der Waals surface area contributed by atoms with Crippen LogP contribution in [0.3, 0.4) is 0 Å². The van der Waals surface area contributed by atoms with Gasteiger partial charge in [-0.15, -0.1) is 0 Å². The number of benzene rings is 2. The van der Waals surface area contributed by atoms with Crippen molar-refractivity contribution in [1.29, 1.82) is 0 Å². The third kappa shape index (κ3) is 3.71. The molecule has 0 saturated carbocycles. The summed E-state index contributed by atoms with van der Waals surface area (Å²) in [5, 5.41) is 20.1. The predicted octanol–water partition coefficient (Wildman–Crippen LogP) is 5.55. The van der Waals surface area contributed by atoms with E-state index in [9.17, 15) is 0 Å². The van der Waals surface area contributed by atoms with E-state index in [0.717, 1.165) is 86.4 Å². The second-order valence-electron chi connectivity index (χ2n) is 9.35. The van der Waals surface area contributed by atoms with Gasteiger partial charge in [0.25, 0.3) is 0 Å². The summed E-state index contributed by atoms with van der Waals surface area (Å²) in [5.41, 5.74) is 8.41. The van der Waals surface area contributed by atoms with Gasteiger partial charge in [-0.25, -0.2) is 0 Å². The number of nitrogens with zero attached hydrogens (tertiary/aromatic N) is 6. The van der Waals surface area contributed by atoms with Crippen molar-refractivity contribution in [3.63, 3.8) is 0 Å². The Labute approximate surface area is 215 Å². The van der Waals surface area contributed by atoms with Crippen molar-refractivity contribution in [2.24, 2.45) is 7.05 Å². The van der Waals surface area contributed by atoms with Crippen LogP contribution in [0.5, 0.6) is 0 Å². The zero-order valence-corrected chi connectivity index (χ0v) is 22.8. The normalized spacial score (nSPS) is 15.6. The van der Waals surface area contributed by atoms with E-state index in [1.54, 1.807) is 0 Å². The Hall–Kier alpha value is -2.64. The number of fused-ring (bicyclic) bond motifs is 2. The van der Waals surface area contributed by atoms with Crippen LogP contribution in [0.25, 0.3) is 44.2 Å². The standard InChI is InChI=1S/C26H28ClN7Se/c1-15-11-21-20(14-28-30-21)24(25(15)27)23-16(2)34(19-7-9-33(35-4)10-8-19)31-26(23)17-5-6-22-18(12-17)13-29-32(22)3/h5-6,11-14,19H,7-10H2,1-4H3,(H,28,30). The molecule has 1 saturated heterocycles. The molecule has 5 aromatic rings. The number of aromatic amines is 1. The SMILES string of the molecule is C[Se]N1CCC(n2nc(-c3ccc4c(cnn4C)c3)c(-c3c(Cl)c(C)cc4[nH]ncc34)c2C)CC1. The summed E-state index contributed by atoms with van der Waals surface area (Å²) in [7, 11) is 1.97. The van der Waals surface area contributed by atoms with Gasteiger partial charge in [0.05, 0.1) is 0 Å². The first-order chi connectivity index (χ1) is 17.0. The molecule has 3 aromatic heterocycles. The Morgan fingerprint density at radius 3 is 2.66 bits per heavy atom. The van der Waals surface area contributed by atoms with Gasteiger partial charge in [-0.2, -0.15) is 0 Å². The molecule has 0 amide bonds. The van der Waals surface area contributed by atoms with Gasteiger partial charge in [0.1, 0.15) is 0 Å². The number of rotatable bonds is 4. The molecule has 9 heteroatoms. The number of H-pyrrole nitrogens is 1. The van der Waals surface area contributed by atoms with Crippen molar-refractivity contribution < 1.29 is 0 Å². The fraction of sp³-hybridized carbons (Fsp3) is 0.346. The molecule has 0 bridgehead atoms. The van der Waals surface area contributed by atoms with Crippen LogP contribution in [-0.2, 0) is 7.05 Å². The molecule has 0 spiro atoms. The average molecular weight is 553 g/mol. The summed E-state index contributed by atoms with van der Waals surface area (Å²) in [6, 6.07) is 8.92. The Bertz CT molecular complexity index is 1560. The molecule has 1 aliphatic rings. The molecule has 4 heterocycles. The number of hydrogen-bond donors (Lipinski definition) is 1. The third-order valence-electron chi connectivity index (χ3n) is 7.31. The van der Waals surface area contributed by atoms with E-state index >= 15 is 0 Å². The van der Waals surface area contributed by atoms with Gasteiger partial charge in [0.15, 0.2) is 0 Å². The van der Waals surface area contributed by atoms with E-state index in [1.807, 2.05) is 24.1 Å². The van der Waals surface area contributed by atoms with Crippen molar-refractivity contribution in [3.8, 4) is 22.4 Å². The Morgan fingerprint density at radius 2 is 1.89 bits per heavy atom. The number of piperidine rings is 1. The van der Waals surface area contributed by atoms with E-state index in [-0.39, 0.29) is 0 Å². The summed E-state index contributed by atoms with van der Waals surface area (Å²) < 4.78 is 6.74. The monoisotopic (exact) mass is 553 g/mol. The van der Waals surface area contributed by atoms with E-state index in [1.165, 1.54) is 0 Å². The van der Waals surface area contributed by atoms with Crippen molar-refractivity contribution >= 4 is 48.6 Å². The van der Waals surface area contributed by atoms with Crippen LogP contribution in [0.1, 0.15) is 30.1 Å². The van der Waals surface area contributed by atoms with E-state index < -0.39 is 0 Å². The summed E-state index contributed by atoms with van der Waals surface area (Å²) in [5.74, 6) is 2.30. The maximum absolute atomic E-state index is 7.03. The minimum absolute atomic E-state index is 0.381. The maximum atomic E-state index is 7.03. The fourth-order valence-corrected chi connectivity index (χ4v) is 6.86. The van der Waals surface area contributed by atoms with Gasteiger partial charge < -0.3 is 0 Å². The Morgan fingerprint density at radius 1 is 1.09 bits per heavy atom. The Kier molecular flexibility index (Phi) is 5.72. The number of aryl methyl sites for hydroxylation is 2. The molecule has 7 nitrogen and oxygen atoms in total. The molecule has 1 N–H and O–H groups in total. The molecule has 35 heavy (non-hydrogen) atoms. The summed E-state index contributed by atoms with van der Waals surface area (Å²) in [6.45, 7) is 6.50. The second kappa shape index (κ2) is 8.79. The first-order valence-corrected chi connectivity index (χ1v) is 14.7. The van der Waals surface area contributed by atoms with Crippen LogP contribution >= 0.6 is 11.6 Å². The van der Waals surface area contributed by atoms with Crippen LogP contribution in [-0.4, -0.2) is 61.9 Å². The first-order valence-electron chi connectivity index (χ1n) is 11.9. The first kappa shape index (κ1) is 22.8. The number of aromatic nitrogens is 6. The van der Waals surface area contributed by atoms with E-state index in [0.29, 0.717) is 21.2 Å². The van der Waals surface area contributed by atoms with Crippen molar-refractivity contribution in [1.82, 2.24) is 33.7 Å². The molecule has 6 rings (SSSR count). The fourth-order valence-electron chi connectivity index (χ4n) is 5.40. The zero-order valence-electron chi connectivity index (χ0n) is 20.3. The third-order valence-corrected chi connectivity index (χ3v) is 9.65. The molecule has 1 aliphatic heterocycles. The van der Waals surface area contributed by atoms with E-state index in [4.69, 9.17) is 16.7 Å². The van der Waals surface area contributed by atoms with Gasteiger partial charge in [0, 0.05) is 7.05 Å². The topological polar surface area (TPSA) is 67.6 Å². The van der Waals surface area contributed by atoms with Crippen LogP contribution in [0, 0.1) is 13.8 Å². The molecule has 0 aliphatic carbocycles. The van der Waals surface area contributed by atoms with Crippen molar-refractivity contribution in [2.75, 3.05) is 13.1 Å². The van der Waals surface area contributed by atoms with Gasteiger partial charge >= 0.3 is 209 Å². The van der Waals surface area contributed by atoms with Crippen LogP contribution in [0.2, 0.25) is 10.8 Å². The van der Waals surface area contributed by atoms with Gasteiger partial charge in [0.2, 0.25) is 0 Å². The molecular formula is C26H28ClN7Se. The molecule has 0 atom stereocenters. The predicted molar refractivity (Wildman–Crippen MR) is 143 cm³/mol. The Balaban J connectivity index is 1.59. The van der Waals surface area contributed by atoms with Crippen LogP contribution in [0.15, 0.2) is 36.7 Å². The molecule has 0 unspecified atom stereocenters. The van der Waals surface area contributed by atoms with Crippen LogP contribution < -0.4 is 0 Å². The molecule has 2 aromatic carbocycles. The van der Waals surface area contributed by atoms with Crippen molar-refractivity contribution in [3.05, 3.63) is 52.9 Å². The van der Waals surface area contributed by atoms with E-state index in [2.05, 4.69) is 67.8 Å². The number of halogens is 1. The molecule has 0 radical (unpaired) electrons. The molecule has 1 fully saturated rings. The molecular weight excluding hydrogens is 525 g/mol. The second-order valence-corrected chi connectivity index (χ2v) is 11.6. The van der Waals surface area contributed by atoms with Gasteiger partial charge in [-0.05, 0) is 0 Å². The zero-order chi connectivity index (χ0) is 24.3. The number of nitrogens with one attached hydrogen (secondary N) is 1. The van der Waals surface area contributed by atoms with Gasteiger partial charge in [-0.1, -0.05) is 0 Å². The summed E-state index contributed by atoms with van der Waals surface area (Å²) >= 11 is 7.59. The minimum atomic E-state index is 0.381. The molecule has 180 valence electrons. The summed E-state index contributed by atoms with van der Waals surface area (Å²) in [6.07, 6.45) is 6.02. The van der Waals surface area contributed by atoms with Gasteiger partial charge in [-0.3, -0.25) is 0 Å². The van der Waals surface area contributed by atoms with Crippen LogP contribution in [0.4, 0.5) is 0 Å².